The molecule has 0 saturated carbocycles. The topological polar surface area (TPSA) is 107 Å². The third kappa shape index (κ3) is 7.39. The molecule has 0 atom stereocenters. The Balaban J connectivity index is 1.54. The molecule has 36 heavy (non-hydrogen) atoms. The van der Waals surface area contributed by atoms with Crippen LogP contribution < -0.4 is 20.1 Å². The van der Waals surface area contributed by atoms with Gasteiger partial charge in [-0.15, -0.1) is 10.2 Å². The second-order valence-electron chi connectivity index (χ2n) is 7.27. The Morgan fingerprint density at radius 3 is 2.53 bits per heavy atom. The smallest absolute Gasteiger partial charge is 0.244 e. The summed E-state index contributed by atoms with van der Waals surface area (Å²) in [6.07, 6.45) is 3.10. The van der Waals surface area contributed by atoms with Crippen LogP contribution in [0.2, 0.25) is 10.0 Å². The lowest BCUT2D eigenvalue weighted by molar-refractivity contribution is -0.116. The molecule has 3 aromatic rings. The van der Waals surface area contributed by atoms with Gasteiger partial charge in [-0.2, -0.15) is 0 Å². The number of carbonyl (C=O) groups excluding carboxylic acids is 2. The second-order valence-corrected chi connectivity index (χ2v) is 9.03. The molecular weight excluding hydrogens is 525 g/mol. The molecule has 2 amide bonds. The fraction of sp³-hybridized carbons (Fsp3) is 0.250. The summed E-state index contributed by atoms with van der Waals surface area (Å²) in [5.74, 6) is 1.38. The van der Waals surface area contributed by atoms with Gasteiger partial charge in [-0.25, -0.2) is 0 Å². The van der Waals surface area contributed by atoms with Crippen LogP contribution in [-0.4, -0.2) is 46.6 Å². The molecule has 2 N–H and O–H groups in total. The summed E-state index contributed by atoms with van der Waals surface area (Å²) in [5.41, 5.74) is 1.34. The van der Waals surface area contributed by atoms with Crippen molar-refractivity contribution in [2.24, 2.45) is 0 Å². The van der Waals surface area contributed by atoms with Crippen molar-refractivity contribution >= 4 is 58.5 Å². The number of carbonyl (C=O) groups is 2. The van der Waals surface area contributed by atoms with Gasteiger partial charge >= 0.3 is 0 Å². The van der Waals surface area contributed by atoms with E-state index in [9.17, 15) is 9.59 Å². The molecule has 3 rings (SSSR count). The van der Waals surface area contributed by atoms with Crippen molar-refractivity contribution in [1.82, 2.24) is 20.1 Å². The summed E-state index contributed by atoms with van der Waals surface area (Å²) in [6, 6.07) is 10.2. The SMILES string of the molecule is CCn1c(CNC(=O)/C=C/c2ccc(OC)c(OC)c2)nnc1SCC(=O)Nc1ccc(Cl)c(Cl)c1. The molecule has 9 nitrogen and oxygen atoms in total. The zero-order chi connectivity index (χ0) is 26.1. The molecule has 0 unspecified atom stereocenters. The summed E-state index contributed by atoms with van der Waals surface area (Å²) in [4.78, 5) is 24.6. The number of hydrogen-bond acceptors (Lipinski definition) is 7. The molecule has 1 heterocycles. The first-order chi connectivity index (χ1) is 17.3. The minimum Gasteiger partial charge on any atom is -0.493 e. The number of ether oxygens (including phenoxy) is 2. The molecule has 0 saturated heterocycles. The van der Waals surface area contributed by atoms with E-state index in [1.165, 1.54) is 17.8 Å². The van der Waals surface area contributed by atoms with Crippen LogP contribution in [0.3, 0.4) is 0 Å². The van der Waals surface area contributed by atoms with Gasteiger partial charge in [0.2, 0.25) is 11.8 Å². The number of halogens is 2. The van der Waals surface area contributed by atoms with E-state index >= 15 is 0 Å². The van der Waals surface area contributed by atoms with Gasteiger partial charge in [0.05, 0.1) is 36.6 Å². The molecule has 0 bridgehead atoms. The maximum Gasteiger partial charge on any atom is 0.244 e. The summed E-state index contributed by atoms with van der Waals surface area (Å²) in [5, 5.41) is 15.2. The predicted molar refractivity (Wildman–Crippen MR) is 142 cm³/mol. The van der Waals surface area contributed by atoms with E-state index in [1.54, 1.807) is 50.6 Å². The van der Waals surface area contributed by atoms with Crippen LogP contribution >= 0.6 is 35.0 Å². The van der Waals surface area contributed by atoms with Gasteiger partial charge in [0.15, 0.2) is 22.5 Å². The number of amides is 2. The van der Waals surface area contributed by atoms with Gasteiger partial charge < -0.3 is 24.7 Å². The van der Waals surface area contributed by atoms with Gasteiger partial charge in [0.25, 0.3) is 0 Å². The normalized spacial score (nSPS) is 10.9. The molecule has 12 heteroatoms. The van der Waals surface area contributed by atoms with Crippen molar-refractivity contribution in [2.75, 3.05) is 25.3 Å². The first-order valence-corrected chi connectivity index (χ1v) is 12.6. The van der Waals surface area contributed by atoms with Gasteiger partial charge in [0.1, 0.15) is 0 Å². The van der Waals surface area contributed by atoms with E-state index in [1.807, 2.05) is 17.6 Å². The van der Waals surface area contributed by atoms with Crippen molar-refractivity contribution in [3.63, 3.8) is 0 Å². The number of benzene rings is 2. The molecule has 0 aliphatic rings. The highest BCUT2D eigenvalue weighted by atomic mass is 35.5. The number of thioether (sulfide) groups is 1. The molecule has 0 fully saturated rings. The molecule has 0 aliphatic heterocycles. The van der Waals surface area contributed by atoms with E-state index in [4.69, 9.17) is 32.7 Å². The first-order valence-electron chi connectivity index (χ1n) is 10.8. The quantitative estimate of drug-likeness (QED) is 0.264. The first kappa shape index (κ1) is 27.4. The number of hydrogen-bond donors (Lipinski definition) is 2. The van der Waals surface area contributed by atoms with Crippen LogP contribution in [0.15, 0.2) is 47.6 Å². The lowest BCUT2D eigenvalue weighted by atomic mass is 10.2. The summed E-state index contributed by atoms with van der Waals surface area (Å²) in [7, 11) is 3.11. The van der Waals surface area contributed by atoms with Crippen LogP contribution in [0.4, 0.5) is 5.69 Å². The fourth-order valence-electron chi connectivity index (χ4n) is 3.13. The van der Waals surface area contributed by atoms with Gasteiger partial charge in [-0.1, -0.05) is 41.0 Å². The molecule has 1 aromatic heterocycles. The maximum absolute atomic E-state index is 12.3. The Labute approximate surface area is 223 Å². The lowest BCUT2D eigenvalue weighted by Crippen LogP contribution is -2.22. The molecular formula is C24H25Cl2N5O4S. The van der Waals surface area contributed by atoms with Crippen molar-refractivity contribution in [3.8, 4) is 11.5 Å². The van der Waals surface area contributed by atoms with Crippen molar-refractivity contribution < 1.29 is 19.1 Å². The van der Waals surface area contributed by atoms with Crippen LogP contribution in [0.5, 0.6) is 11.5 Å². The van der Waals surface area contributed by atoms with E-state index in [0.717, 1.165) is 5.56 Å². The molecule has 2 aromatic carbocycles. The number of nitrogens with one attached hydrogen (secondary N) is 2. The summed E-state index contributed by atoms with van der Waals surface area (Å²) < 4.78 is 12.3. The number of aromatic nitrogens is 3. The standard InChI is InChI=1S/C24H25Cl2N5O4S/c1-4-31-21(13-27-22(32)10-6-15-5-9-19(34-2)20(11-15)35-3)29-30-24(31)36-14-23(33)28-16-7-8-17(25)18(26)12-16/h5-12H,4,13-14H2,1-3H3,(H,27,32)(H,28,33)/b10-6+. The predicted octanol–water partition coefficient (Wildman–Crippen LogP) is 4.68. The average molecular weight is 550 g/mol. The Morgan fingerprint density at radius 1 is 1.06 bits per heavy atom. The fourth-order valence-corrected chi connectivity index (χ4v) is 4.25. The highest BCUT2D eigenvalue weighted by molar-refractivity contribution is 7.99. The Bertz CT molecular complexity index is 1270. The molecule has 0 spiro atoms. The van der Waals surface area contributed by atoms with Crippen molar-refractivity contribution in [3.05, 3.63) is 63.9 Å². The van der Waals surface area contributed by atoms with Gasteiger partial charge in [0, 0.05) is 18.3 Å². The van der Waals surface area contributed by atoms with Gasteiger partial charge in [-0.3, -0.25) is 9.59 Å². The van der Waals surface area contributed by atoms with Gasteiger partial charge in [-0.05, 0) is 48.9 Å². The third-order valence-electron chi connectivity index (χ3n) is 4.90. The Kier molecular flexibility index (Phi) is 10.0. The number of methoxy groups -OCH3 is 2. The Hall–Kier alpha value is -3.21. The zero-order valence-corrected chi connectivity index (χ0v) is 22.2. The van der Waals surface area contributed by atoms with Crippen molar-refractivity contribution in [2.45, 2.75) is 25.2 Å². The maximum atomic E-state index is 12.3. The van der Waals surface area contributed by atoms with E-state index in [2.05, 4.69) is 20.8 Å². The molecule has 0 radical (unpaired) electrons. The van der Waals surface area contributed by atoms with Crippen LogP contribution in [0.25, 0.3) is 6.08 Å². The number of rotatable bonds is 11. The molecule has 190 valence electrons. The highest BCUT2D eigenvalue weighted by Crippen LogP contribution is 2.28. The van der Waals surface area contributed by atoms with E-state index in [-0.39, 0.29) is 24.1 Å². The molecule has 0 aliphatic carbocycles. The van der Waals surface area contributed by atoms with E-state index < -0.39 is 0 Å². The number of anilines is 1. The average Bonchev–Trinajstić information content (AvgIpc) is 3.28. The summed E-state index contributed by atoms with van der Waals surface area (Å²) in [6.45, 7) is 2.70. The minimum atomic E-state index is -0.286. The van der Waals surface area contributed by atoms with Crippen LogP contribution in [0, 0.1) is 0 Å². The monoisotopic (exact) mass is 549 g/mol. The minimum absolute atomic E-state index is 0.124. The lowest BCUT2D eigenvalue weighted by Gasteiger charge is -2.09. The summed E-state index contributed by atoms with van der Waals surface area (Å²) >= 11 is 13.1. The largest absolute Gasteiger partial charge is 0.493 e. The zero-order valence-electron chi connectivity index (χ0n) is 19.9. The van der Waals surface area contributed by atoms with Crippen LogP contribution in [-0.2, 0) is 22.7 Å². The van der Waals surface area contributed by atoms with Crippen molar-refractivity contribution in [1.29, 1.82) is 0 Å². The van der Waals surface area contributed by atoms with E-state index in [0.29, 0.717) is 44.8 Å². The number of nitrogens with zero attached hydrogens (tertiary/aromatic N) is 3. The Morgan fingerprint density at radius 2 is 1.83 bits per heavy atom. The second kappa shape index (κ2) is 13.2. The van der Waals surface area contributed by atoms with Crippen LogP contribution in [0.1, 0.15) is 18.3 Å². The highest BCUT2D eigenvalue weighted by Gasteiger charge is 2.14. The third-order valence-corrected chi connectivity index (χ3v) is 6.61.